The van der Waals surface area contributed by atoms with E-state index in [9.17, 15) is 9.59 Å². The fraction of sp³-hybridized carbons (Fsp3) is 0.267. The average molecular weight is 329 g/mol. The first-order valence-corrected chi connectivity index (χ1v) is 7.09. The summed E-state index contributed by atoms with van der Waals surface area (Å²) in [6.45, 7) is 1.38. The van der Waals surface area contributed by atoms with Crippen LogP contribution in [0.4, 0.5) is 5.95 Å². The maximum atomic E-state index is 12.3. The van der Waals surface area contributed by atoms with E-state index in [0.29, 0.717) is 11.3 Å². The highest BCUT2D eigenvalue weighted by molar-refractivity contribution is 6.06. The van der Waals surface area contributed by atoms with Gasteiger partial charge in [0.15, 0.2) is 5.78 Å². The predicted molar refractivity (Wildman–Crippen MR) is 82.3 cm³/mol. The van der Waals surface area contributed by atoms with Crippen LogP contribution in [0, 0.1) is 0 Å². The zero-order valence-electron chi connectivity index (χ0n) is 13.3. The van der Waals surface area contributed by atoms with E-state index in [1.165, 1.54) is 18.7 Å². The van der Waals surface area contributed by atoms with Crippen LogP contribution in [-0.4, -0.2) is 46.2 Å². The van der Waals surface area contributed by atoms with E-state index >= 15 is 0 Å². The van der Waals surface area contributed by atoms with E-state index in [1.54, 1.807) is 25.3 Å². The topological polar surface area (TPSA) is 108 Å². The number of nitrogens with zero attached hydrogens (tertiary/aromatic N) is 4. The number of carbonyl (C=O) groups is 2. The Balaban J connectivity index is 2.24. The molecule has 1 aliphatic heterocycles. The number of allylic oxidation sites excluding steroid dienone is 1. The number of fused-ring (bicyclic) bond motifs is 1. The van der Waals surface area contributed by atoms with Crippen molar-refractivity contribution in [2.24, 2.45) is 0 Å². The number of hydrogen-bond acceptors (Lipinski definition) is 8. The van der Waals surface area contributed by atoms with Crippen molar-refractivity contribution in [1.82, 2.24) is 20.2 Å². The Morgan fingerprint density at radius 1 is 1.29 bits per heavy atom. The Morgan fingerprint density at radius 2 is 2.08 bits per heavy atom. The van der Waals surface area contributed by atoms with E-state index in [4.69, 9.17) is 9.47 Å². The largest absolute Gasteiger partial charge is 0.497 e. The Hall–Kier alpha value is -3.23. The van der Waals surface area contributed by atoms with Gasteiger partial charge in [-0.25, -0.2) is 4.79 Å². The Labute approximate surface area is 137 Å². The molecule has 3 rings (SSSR count). The van der Waals surface area contributed by atoms with E-state index in [-0.39, 0.29) is 23.0 Å². The van der Waals surface area contributed by atoms with Gasteiger partial charge < -0.3 is 14.8 Å². The van der Waals surface area contributed by atoms with Crippen molar-refractivity contribution in [3.8, 4) is 5.75 Å². The van der Waals surface area contributed by atoms with E-state index < -0.39 is 12.0 Å². The SMILES string of the molecule is COC(=O)C1=C(C(C)=O)C(c2cccc(OC)c2)n2nnnc2N1. The van der Waals surface area contributed by atoms with Gasteiger partial charge in [0.2, 0.25) is 5.95 Å². The van der Waals surface area contributed by atoms with Crippen molar-refractivity contribution < 1.29 is 19.1 Å². The van der Waals surface area contributed by atoms with Gasteiger partial charge in [-0.3, -0.25) is 4.79 Å². The number of Topliss-reactive ketones (excluding diaryl/α,β-unsaturated/α-hetero) is 1. The molecule has 124 valence electrons. The zero-order chi connectivity index (χ0) is 17.3. The van der Waals surface area contributed by atoms with Crippen LogP contribution >= 0.6 is 0 Å². The first kappa shape index (κ1) is 15.7. The molecule has 0 radical (unpaired) electrons. The van der Waals surface area contributed by atoms with Crippen LogP contribution in [0.25, 0.3) is 0 Å². The number of ether oxygens (including phenoxy) is 2. The fourth-order valence-corrected chi connectivity index (χ4v) is 2.64. The van der Waals surface area contributed by atoms with Crippen LogP contribution < -0.4 is 10.1 Å². The van der Waals surface area contributed by atoms with Crippen LogP contribution in [0.3, 0.4) is 0 Å². The van der Waals surface area contributed by atoms with Gasteiger partial charge in [-0.1, -0.05) is 17.2 Å². The molecule has 0 fully saturated rings. The molecule has 1 aromatic carbocycles. The molecule has 0 aliphatic carbocycles. The number of rotatable bonds is 4. The second-order valence-electron chi connectivity index (χ2n) is 5.09. The van der Waals surface area contributed by atoms with Gasteiger partial charge in [0.05, 0.1) is 19.8 Å². The maximum Gasteiger partial charge on any atom is 0.355 e. The molecular formula is C15H15N5O4. The number of tetrazole rings is 1. The lowest BCUT2D eigenvalue weighted by atomic mass is 9.92. The molecule has 24 heavy (non-hydrogen) atoms. The number of carbonyl (C=O) groups excluding carboxylic acids is 2. The average Bonchev–Trinajstić information content (AvgIpc) is 3.07. The normalized spacial score (nSPS) is 16.2. The monoisotopic (exact) mass is 329 g/mol. The van der Waals surface area contributed by atoms with Crippen molar-refractivity contribution in [3.05, 3.63) is 41.1 Å². The van der Waals surface area contributed by atoms with Gasteiger partial charge in [0, 0.05) is 0 Å². The predicted octanol–water partition coefficient (Wildman–Crippen LogP) is 0.713. The summed E-state index contributed by atoms with van der Waals surface area (Å²) in [4.78, 5) is 24.4. The lowest BCUT2D eigenvalue weighted by molar-refractivity contribution is -0.136. The quantitative estimate of drug-likeness (QED) is 0.817. The molecule has 0 saturated carbocycles. The highest BCUT2D eigenvalue weighted by Crippen LogP contribution is 2.36. The second-order valence-corrected chi connectivity index (χ2v) is 5.09. The smallest absolute Gasteiger partial charge is 0.355 e. The molecular weight excluding hydrogens is 314 g/mol. The highest BCUT2D eigenvalue weighted by atomic mass is 16.5. The Kier molecular flexibility index (Phi) is 3.98. The molecule has 1 atom stereocenters. The number of methoxy groups -OCH3 is 2. The van der Waals surface area contributed by atoms with Crippen LogP contribution in [0.1, 0.15) is 18.5 Å². The van der Waals surface area contributed by atoms with E-state index in [2.05, 4.69) is 20.8 Å². The standard InChI is InChI=1S/C15H15N5O4/c1-8(21)11-12(14(22)24-3)16-15-17-18-19-20(15)13(11)9-5-4-6-10(7-9)23-2/h4-7,13H,1-3H3,(H,16,17,19). The number of ketones is 1. The van der Waals surface area contributed by atoms with Crippen molar-refractivity contribution >= 4 is 17.7 Å². The van der Waals surface area contributed by atoms with Gasteiger partial charge >= 0.3 is 5.97 Å². The molecule has 0 amide bonds. The van der Waals surface area contributed by atoms with Crippen LogP contribution in [-0.2, 0) is 14.3 Å². The minimum Gasteiger partial charge on any atom is -0.497 e. The van der Waals surface area contributed by atoms with Gasteiger partial charge in [-0.05, 0) is 35.0 Å². The molecule has 0 bridgehead atoms. The highest BCUT2D eigenvalue weighted by Gasteiger charge is 2.36. The third-order valence-electron chi connectivity index (χ3n) is 3.70. The molecule has 2 heterocycles. The number of anilines is 1. The fourth-order valence-electron chi connectivity index (χ4n) is 2.64. The molecule has 1 aromatic heterocycles. The van der Waals surface area contributed by atoms with Crippen molar-refractivity contribution in [2.75, 3.05) is 19.5 Å². The lowest BCUT2D eigenvalue weighted by Crippen LogP contribution is -2.32. The molecule has 2 aromatic rings. The molecule has 1 unspecified atom stereocenters. The number of esters is 1. The molecule has 9 heteroatoms. The Bertz CT molecular complexity index is 842. The lowest BCUT2D eigenvalue weighted by Gasteiger charge is -2.27. The van der Waals surface area contributed by atoms with Gasteiger partial charge in [0.25, 0.3) is 0 Å². The maximum absolute atomic E-state index is 12.3. The van der Waals surface area contributed by atoms with Crippen LogP contribution in [0.5, 0.6) is 5.75 Å². The van der Waals surface area contributed by atoms with Gasteiger partial charge in [0.1, 0.15) is 17.5 Å². The van der Waals surface area contributed by atoms with Crippen molar-refractivity contribution in [3.63, 3.8) is 0 Å². The van der Waals surface area contributed by atoms with Crippen molar-refractivity contribution in [1.29, 1.82) is 0 Å². The van der Waals surface area contributed by atoms with Crippen LogP contribution in [0.2, 0.25) is 0 Å². The summed E-state index contributed by atoms with van der Waals surface area (Å²) in [7, 11) is 2.79. The summed E-state index contributed by atoms with van der Waals surface area (Å²) < 4.78 is 11.5. The summed E-state index contributed by atoms with van der Waals surface area (Å²) in [5.74, 6) is -0.101. The first-order chi connectivity index (χ1) is 11.6. The first-order valence-electron chi connectivity index (χ1n) is 7.09. The zero-order valence-corrected chi connectivity index (χ0v) is 13.3. The third-order valence-corrected chi connectivity index (χ3v) is 3.70. The number of nitrogens with one attached hydrogen (secondary N) is 1. The minimum atomic E-state index is -0.669. The third kappa shape index (κ3) is 2.49. The molecule has 0 spiro atoms. The molecule has 1 N–H and O–H groups in total. The Morgan fingerprint density at radius 3 is 2.75 bits per heavy atom. The van der Waals surface area contributed by atoms with Crippen LogP contribution in [0.15, 0.2) is 35.5 Å². The number of benzene rings is 1. The summed E-state index contributed by atoms with van der Waals surface area (Å²) in [5.41, 5.74) is 0.950. The number of aromatic nitrogens is 4. The minimum absolute atomic E-state index is 0.0279. The van der Waals surface area contributed by atoms with Gasteiger partial charge in [-0.15, -0.1) is 0 Å². The molecule has 9 nitrogen and oxygen atoms in total. The summed E-state index contributed by atoms with van der Waals surface area (Å²) in [6, 6.07) is 6.47. The number of hydrogen-bond donors (Lipinski definition) is 1. The molecule has 0 saturated heterocycles. The van der Waals surface area contributed by atoms with Gasteiger partial charge in [-0.2, -0.15) is 4.68 Å². The molecule has 1 aliphatic rings. The second kappa shape index (κ2) is 6.11. The van der Waals surface area contributed by atoms with E-state index in [0.717, 1.165) is 0 Å². The summed E-state index contributed by atoms with van der Waals surface area (Å²) in [6.07, 6.45) is 0. The summed E-state index contributed by atoms with van der Waals surface area (Å²) >= 11 is 0. The van der Waals surface area contributed by atoms with E-state index in [1.807, 2.05) is 6.07 Å². The summed E-state index contributed by atoms with van der Waals surface area (Å²) in [5, 5.41) is 14.2. The van der Waals surface area contributed by atoms with Crippen molar-refractivity contribution in [2.45, 2.75) is 13.0 Å².